The van der Waals surface area contributed by atoms with Crippen molar-refractivity contribution in [3.63, 3.8) is 0 Å². The maximum atomic E-state index is 12.3. The summed E-state index contributed by atoms with van der Waals surface area (Å²) >= 11 is 3.08. The highest BCUT2D eigenvalue weighted by molar-refractivity contribution is 7.16. The number of amides is 1. The number of hydrogen-bond donors (Lipinski definition) is 0. The van der Waals surface area contributed by atoms with E-state index in [0.717, 1.165) is 32.7 Å². The minimum absolute atomic E-state index is 0.0708. The number of hydrogen-bond acceptors (Lipinski definition) is 5. The van der Waals surface area contributed by atoms with Gasteiger partial charge in [-0.3, -0.25) is 9.69 Å². The molecule has 1 aliphatic rings. The molecule has 29 heavy (non-hydrogen) atoms. The summed E-state index contributed by atoms with van der Waals surface area (Å²) in [5.74, 6) is 0.121. The molecule has 1 saturated heterocycles. The Balaban J connectivity index is 1.40. The molecule has 0 N–H and O–H groups in total. The average Bonchev–Trinajstić information content (AvgIpc) is 3.37. The third kappa shape index (κ3) is 3.39. The van der Waals surface area contributed by atoms with Crippen molar-refractivity contribution in [2.75, 3.05) is 4.90 Å². The van der Waals surface area contributed by atoms with Gasteiger partial charge in [0.05, 0.1) is 18.2 Å². The van der Waals surface area contributed by atoms with Crippen LogP contribution in [0, 0.1) is 13.8 Å². The van der Waals surface area contributed by atoms with Crippen molar-refractivity contribution in [1.29, 1.82) is 0 Å². The first kappa shape index (κ1) is 18.2. The fourth-order valence-electron chi connectivity index (χ4n) is 3.43. The van der Waals surface area contributed by atoms with Gasteiger partial charge >= 0.3 is 0 Å². The van der Waals surface area contributed by atoms with Crippen LogP contribution in [0.4, 0.5) is 5.13 Å². The molecule has 4 aromatic rings. The number of carbonyl (C=O) groups excluding carboxylic acids is 1. The first-order valence-corrected chi connectivity index (χ1v) is 11.2. The molecule has 1 aliphatic heterocycles. The second-order valence-corrected chi connectivity index (χ2v) is 9.01. The number of β-lactam (4-membered cyclic amide) rings is 1. The Kier molecular flexibility index (Phi) is 4.53. The molecule has 4 nitrogen and oxygen atoms in total. The second-order valence-electron chi connectivity index (χ2n) is 7.31. The van der Waals surface area contributed by atoms with E-state index in [2.05, 4.69) is 67.8 Å². The number of anilines is 1. The Hall–Kier alpha value is -2.83. The molecule has 2 aromatic carbocycles. The van der Waals surface area contributed by atoms with Crippen LogP contribution in [0.5, 0.6) is 0 Å². The van der Waals surface area contributed by atoms with Gasteiger partial charge in [0.2, 0.25) is 5.91 Å². The molecule has 1 unspecified atom stereocenters. The van der Waals surface area contributed by atoms with E-state index in [-0.39, 0.29) is 11.9 Å². The molecule has 0 bridgehead atoms. The molecular formula is C23H19N3OS2. The third-order valence-corrected chi connectivity index (χ3v) is 6.88. The normalized spacial score (nSPS) is 16.1. The lowest BCUT2D eigenvalue weighted by molar-refractivity contribution is -0.124. The van der Waals surface area contributed by atoms with Crippen molar-refractivity contribution in [2.24, 2.45) is 0 Å². The molecule has 3 heterocycles. The number of aryl methyl sites for hydroxylation is 2. The number of thiazole rings is 2. The van der Waals surface area contributed by atoms with Crippen LogP contribution in [0.25, 0.3) is 22.0 Å². The van der Waals surface area contributed by atoms with Crippen LogP contribution in [0.2, 0.25) is 0 Å². The van der Waals surface area contributed by atoms with E-state index in [4.69, 9.17) is 9.97 Å². The van der Waals surface area contributed by atoms with E-state index >= 15 is 0 Å². The van der Waals surface area contributed by atoms with Gasteiger partial charge in [-0.05, 0) is 19.4 Å². The maximum absolute atomic E-state index is 12.3. The van der Waals surface area contributed by atoms with Crippen LogP contribution in [0.3, 0.4) is 0 Å². The lowest BCUT2D eigenvalue weighted by atomic mass is 9.94. The summed E-state index contributed by atoms with van der Waals surface area (Å²) < 4.78 is 0. The average molecular weight is 418 g/mol. The lowest BCUT2D eigenvalue weighted by Gasteiger charge is -2.38. The molecule has 144 valence electrons. The van der Waals surface area contributed by atoms with E-state index in [0.29, 0.717) is 6.42 Å². The van der Waals surface area contributed by atoms with Crippen molar-refractivity contribution in [1.82, 2.24) is 9.97 Å². The SMILES string of the molecule is Cc1ccc(-c2csc(-c3csc(N4C(=O)CC4c4ccc(C)cc4)n3)n2)cc1. The Morgan fingerprint density at radius 3 is 2.21 bits per heavy atom. The van der Waals surface area contributed by atoms with Crippen molar-refractivity contribution in [3.05, 3.63) is 76.0 Å². The topological polar surface area (TPSA) is 46.1 Å². The number of aromatic nitrogens is 2. The minimum atomic E-state index is 0.0708. The number of carbonyl (C=O) groups is 1. The zero-order chi connectivity index (χ0) is 20.0. The van der Waals surface area contributed by atoms with Crippen LogP contribution >= 0.6 is 22.7 Å². The summed E-state index contributed by atoms with van der Waals surface area (Å²) in [7, 11) is 0. The monoisotopic (exact) mass is 417 g/mol. The summed E-state index contributed by atoms with van der Waals surface area (Å²) in [4.78, 5) is 23.6. The second kappa shape index (κ2) is 7.21. The standard InChI is InChI=1S/C23H19N3OS2/c1-14-3-7-16(8-4-14)18-12-28-22(24-18)19-13-29-23(25-19)26-20(11-21(26)27)17-9-5-15(2)6-10-17/h3-10,12-13,20H,11H2,1-2H3. The Bertz CT molecular complexity index is 1180. The Labute approximate surface area is 177 Å². The van der Waals surface area contributed by atoms with Gasteiger partial charge in [0.25, 0.3) is 0 Å². The largest absolute Gasteiger partial charge is 0.280 e. The summed E-state index contributed by atoms with van der Waals surface area (Å²) in [6, 6.07) is 16.8. The molecule has 1 amide bonds. The van der Waals surface area contributed by atoms with E-state index in [1.165, 1.54) is 22.5 Å². The number of nitrogens with zero attached hydrogens (tertiary/aromatic N) is 3. The molecule has 6 heteroatoms. The lowest BCUT2D eigenvalue weighted by Crippen LogP contribution is -2.46. The van der Waals surface area contributed by atoms with E-state index in [1.807, 2.05) is 10.3 Å². The molecule has 0 aliphatic carbocycles. The van der Waals surface area contributed by atoms with Crippen molar-refractivity contribution < 1.29 is 4.79 Å². The minimum Gasteiger partial charge on any atom is -0.280 e. The predicted molar refractivity (Wildman–Crippen MR) is 119 cm³/mol. The van der Waals surface area contributed by atoms with Crippen molar-refractivity contribution in [2.45, 2.75) is 26.3 Å². The molecule has 0 radical (unpaired) electrons. The summed E-state index contributed by atoms with van der Waals surface area (Å²) in [6.07, 6.45) is 0.535. The molecule has 2 aromatic heterocycles. The van der Waals surface area contributed by atoms with E-state index < -0.39 is 0 Å². The van der Waals surface area contributed by atoms with Gasteiger partial charge in [0.15, 0.2) is 5.13 Å². The van der Waals surface area contributed by atoms with Crippen LogP contribution in [-0.2, 0) is 4.79 Å². The van der Waals surface area contributed by atoms with Crippen molar-refractivity contribution in [3.8, 4) is 22.0 Å². The Morgan fingerprint density at radius 1 is 0.862 bits per heavy atom. The van der Waals surface area contributed by atoms with Gasteiger partial charge in [0.1, 0.15) is 10.7 Å². The van der Waals surface area contributed by atoms with Gasteiger partial charge in [-0.1, -0.05) is 59.7 Å². The third-order valence-electron chi connectivity index (χ3n) is 5.18. The highest BCUT2D eigenvalue weighted by Gasteiger charge is 2.40. The summed E-state index contributed by atoms with van der Waals surface area (Å²) in [6.45, 7) is 4.15. The van der Waals surface area contributed by atoms with Gasteiger partial charge in [0, 0.05) is 16.3 Å². The quantitative estimate of drug-likeness (QED) is 0.381. The first-order valence-electron chi connectivity index (χ1n) is 9.45. The number of benzene rings is 2. The van der Waals surface area contributed by atoms with Crippen LogP contribution < -0.4 is 4.90 Å². The number of rotatable bonds is 4. The van der Waals surface area contributed by atoms with Crippen LogP contribution in [0.15, 0.2) is 59.3 Å². The zero-order valence-corrected chi connectivity index (χ0v) is 17.8. The molecule has 0 spiro atoms. The zero-order valence-electron chi connectivity index (χ0n) is 16.1. The van der Waals surface area contributed by atoms with Gasteiger partial charge in [-0.25, -0.2) is 9.97 Å². The molecule has 0 saturated carbocycles. The first-order chi connectivity index (χ1) is 14.1. The van der Waals surface area contributed by atoms with Gasteiger partial charge in [-0.15, -0.1) is 22.7 Å². The van der Waals surface area contributed by atoms with E-state index in [9.17, 15) is 4.79 Å². The predicted octanol–water partition coefficient (Wildman–Crippen LogP) is 6.03. The fraction of sp³-hybridized carbons (Fsp3) is 0.174. The molecule has 5 rings (SSSR count). The summed E-state index contributed by atoms with van der Waals surface area (Å²) in [5, 5.41) is 5.67. The van der Waals surface area contributed by atoms with Crippen LogP contribution in [-0.4, -0.2) is 15.9 Å². The molecule has 1 atom stereocenters. The molecule has 1 fully saturated rings. The maximum Gasteiger partial charge on any atom is 0.231 e. The Morgan fingerprint density at radius 2 is 1.52 bits per heavy atom. The van der Waals surface area contributed by atoms with Crippen LogP contribution in [0.1, 0.15) is 29.2 Å². The smallest absolute Gasteiger partial charge is 0.231 e. The van der Waals surface area contributed by atoms with Gasteiger partial charge in [-0.2, -0.15) is 0 Å². The van der Waals surface area contributed by atoms with Gasteiger partial charge < -0.3 is 0 Å². The van der Waals surface area contributed by atoms with Crippen molar-refractivity contribution >= 4 is 33.7 Å². The highest BCUT2D eigenvalue weighted by atomic mass is 32.1. The highest BCUT2D eigenvalue weighted by Crippen LogP contribution is 2.41. The van der Waals surface area contributed by atoms with E-state index in [1.54, 1.807) is 11.3 Å². The fourth-order valence-corrected chi connectivity index (χ4v) is 5.17. The summed E-state index contributed by atoms with van der Waals surface area (Å²) in [5.41, 5.74) is 6.49. The molecular weight excluding hydrogens is 398 g/mol.